The summed E-state index contributed by atoms with van der Waals surface area (Å²) in [6, 6.07) is 10.7. The molecule has 8 N–H and O–H groups in total. The highest BCUT2D eigenvalue weighted by molar-refractivity contribution is 7.84. The van der Waals surface area contributed by atoms with Crippen molar-refractivity contribution in [1.82, 2.24) is 59.3 Å². The van der Waals surface area contributed by atoms with Gasteiger partial charge < -0.3 is 54.3 Å². The molecule has 452 valence electrons. The number of ether oxygens (including phenoxy) is 4. The largest absolute Gasteiger partial charge is 0.445 e. The number of aliphatic hydroxyl groups excluding tert-OH is 1. The maximum Gasteiger partial charge on any atom is 0.410 e. The van der Waals surface area contributed by atoms with Gasteiger partial charge in [-0.3, -0.25) is 43.2 Å². The fourth-order valence-electron chi connectivity index (χ4n) is 8.93. The second kappa shape index (κ2) is 26.4. The molecule has 6 heterocycles. The van der Waals surface area contributed by atoms with E-state index in [9.17, 15) is 51.8 Å². The second-order valence-corrected chi connectivity index (χ2v) is 22.9. The number of nitrogens with one attached hydrogen (secondary N) is 6. The minimum atomic E-state index is -4.84. The quantitative estimate of drug-likeness (QED) is 0.0453. The van der Waals surface area contributed by atoms with Crippen LogP contribution in [-0.4, -0.2) is 161 Å². The molecule has 1 unspecified atom stereocenters. The first-order chi connectivity index (χ1) is 39.8. The molecule has 0 saturated carbocycles. The van der Waals surface area contributed by atoms with Crippen molar-refractivity contribution in [2.75, 3.05) is 30.8 Å². The number of carbonyl (C=O) groups is 5. The zero-order chi connectivity index (χ0) is 60.8. The Morgan fingerprint density at radius 2 is 1.67 bits per heavy atom. The fraction of sp³-hybridized carbons (Fsp3) is 0.460. The number of aromatic amines is 1. The van der Waals surface area contributed by atoms with Crippen LogP contribution in [0.1, 0.15) is 81.9 Å². The van der Waals surface area contributed by atoms with Crippen molar-refractivity contribution >= 4 is 82.4 Å². The number of amides is 5. The number of aliphatic hydroxyl groups is 1. The number of hydrogen-bond acceptors (Lipinski definition) is 21. The molecule has 0 radical (unpaired) electrons. The smallest absolute Gasteiger partial charge is 0.410 e. The third kappa shape index (κ3) is 15.3. The van der Waals surface area contributed by atoms with E-state index < -0.39 is 128 Å². The summed E-state index contributed by atoms with van der Waals surface area (Å²) in [5.41, 5.74) is -0.256. The predicted molar refractivity (Wildman–Crippen MR) is 292 cm³/mol. The number of rotatable bonds is 22. The molecule has 2 saturated heterocycles. The lowest BCUT2D eigenvalue weighted by Crippen LogP contribution is -2.54. The summed E-state index contributed by atoms with van der Waals surface area (Å²) < 4.78 is 92.3. The Hall–Kier alpha value is -7.88. The lowest BCUT2D eigenvalue weighted by atomic mass is 10.0. The number of alkyl halides is 1. The van der Waals surface area contributed by atoms with Crippen LogP contribution in [0, 0.1) is 5.92 Å². The van der Waals surface area contributed by atoms with Gasteiger partial charge in [0.25, 0.3) is 11.5 Å². The molecule has 4 aromatic heterocycles. The van der Waals surface area contributed by atoms with Crippen molar-refractivity contribution in [3.8, 4) is 0 Å². The number of alkyl carbamates (subject to hydrolysis) is 1. The normalized spacial score (nSPS) is 21.0. The van der Waals surface area contributed by atoms with Crippen molar-refractivity contribution < 1.29 is 79.0 Å². The number of benzene rings is 2. The first-order valence-electron chi connectivity index (χ1n) is 26.0. The van der Waals surface area contributed by atoms with E-state index in [4.69, 9.17) is 27.7 Å². The molecule has 2 aromatic carbocycles. The van der Waals surface area contributed by atoms with Gasteiger partial charge in [-0.1, -0.05) is 44.2 Å². The first kappa shape index (κ1) is 62.2. The van der Waals surface area contributed by atoms with Crippen LogP contribution < -0.4 is 31.5 Å². The van der Waals surface area contributed by atoms with Gasteiger partial charge in [0.2, 0.25) is 17.8 Å². The number of fused-ring (bicyclic) bond motifs is 2. The summed E-state index contributed by atoms with van der Waals surface area (Å²) >= 11 is 0. The number of carbonyl (C=O) groups excluding carboxylic acids is 5. The summed E-state index contributed by atoms with van der Waals surface area (Å²) in [4.78, 5) is 113. The van der Waals surface area contributed by atoms with Gasteiger partial charge in [0.05, 0.1) is 31.6 Å². The number of nitrogens with zero attached hydrogens (tertiary/aromatic N) is 8. The van der Waals surface area contributed by atoms with Gasteiger partial charge >= 0.3 is 30.7 Å². The minimum absolute atomic E-state index is 0.0715. The van der Waals surface area contributed by atoms with Crippen molar-refractivity contribution in [1.29, 1.82) is 0 Å². The Morgan fingerprint density at radius 3 is 2.37 bits per heavy atom. The highest BCUT2D eigenvalue weighted by Crippen LogP contribution is 2.39. The number of imidazole rings is 2. The van der Waals surface area contributed by atoms with Gasteiger partial charge in [0, 0.05) is 37.8 Å². The average molecular weight is 1210 g/mol. The first-order valence-corrected chi connectivity index (χ1v) is 28.6. The Bertz CT molecular complexity index is 3590. The molecule has 8 rings (SSSR count). The van der Waals surface area contributed by atoms with Crippen LogP contribution in [-0.2, 0) is 65.3 Å². The minimum Gasteiger partial charge on any atom is -0.445 e. The molecule has 84 heavy (non-hydrogen) atoms. The molecule has 0 bridgehead atoms. The summed E-state index contributed by atoms with van der Waals surface area (Å²) in [7, 11) is -7.16. The standard InChI is InChI=1S/C50H62FN14O17PS/c1-25(2)36(59-48(71)80-50(4,5)6)43(69)57-26(3)41(67)58-29-14-12-27(13-15-29)21-77-49(72)63(7)19-28-10-8-9-11-31(28)42(68)61-47-60-40-37(44(70)62-47)55-24-65(40)45-33(16-30(20-66)78-45)82-84(75,76)56-18-34-38(81-83(73)74)35(51)46(79-34)64-23-54-32-17-52-22-53-39(32)64/h8-15,17,22-26,30,33-36,38,45-46,56,66,83H,16,18-21H2,1-7H3,(H,57,69)(H,58,67)(H,59,71)(H,73,74)(H2,60,61,62,68,70)/t26-,30-,33+,34+,35+,36-,38+,45+,46+/m0/s1. The fourth-order valence-corrected chi connectivity index (χ4v) is 10.4. The predicted octanol–water partition coefficient (Wildman–Crippen LogP) is 2.48. The van der Waals surface area contributed by atoms with E-state index in [0.29, 0.717) is 16.8 Å². The van der Waals surface area contributed by atoms with E-state index in [-0.39, 0.29) is 59.3 Å². The van der Waals surface area contributed by atoms with Crippen LogP contribution >= 0.6 is 8.25 Å². The van der Waals surface area contributed by atoms with Crippen molar-refractivity contribution in [3.05, 3.63) is 101 Å². The maximum absolute atomic E-state index is 15.9. The summed E-state index contributed by atoms with van der Waals surface area (Å²) in [6.07, 6.45) is -7.61. The highest BCUT2D eigenvalue weighted by atomic mass is 32.2. The van der Waals surface area contributed by atoms with E-state index >= 15 is 4.39 Å². The van der Waals surface area contributed by atoms with Crippen molar-refractivity contribution in [3.63, 3.8) is 0 Å². The number of aromatic nitrogens is 8. The molecular formula is C50H62FN14O17PS. The summed E-state index contributed by atoms with van der Waals surface area (Å²) in [6.45, 7) is 8.41. The molecule has 2 aliphatic rings. The van der Waals surface area contributed by atoms with Crippen LogP contribution in [0.2, 0.25) is 0 Å². The topological polar surface area (TPSA) is 403 Å². The van der Waals surface area contributed by atoms with E-state index in [2.05, 4.69) is 55.9 Å². The van der Waals surface area contributed by atoms with Crippen LogP contribution in [0.3, 0.4) is 0 Å². The Balaban J connectivity index is 0.862. The van der Waals surface area contributed by atoms with E-state index in [1.54, 1.807) is 77.1 Å². The maximum atomic E-state index is 15.9. The van der Waals surface area contributed by atoms with E-state index in [1.807, 2.05) is 0 Å². The van der Waals surface area contributed by atoms with Crippen LogP contribution in [0.4, 0.5) is 25.6 Å². The summed E-state index contributed by atoms with van der Waals surface area (Å²) in [5, 5.41) is 20.5. The number of anilines is 2. The van der Waals surface area contributed by atoms with Crippen molar-refractivity contribution in [2.24, 2.45) is 5.92 Å². The van der Waals surface area contributed by atoms with Crippen LogP contribution in [0.15, 0.2) is 78.5 Å². The van der Waals surface area contributed by atoms with Crippen LogP contribution in [0.5, 0.6) is 0 Å². The van der Waals surface area contributed by atoms with Gasteiger partial charge in [0.1, 0.15) is 54.4 Å². The highest BCUT2D eigenvalue weighted by Gasteiger charge is 2.49. The lowest BCUT2D eigenvalue weighted by Gasteiger charge is -2.26. The van der Waals surface area contributed by atoms with E-state index in [1.165, 1.54) is 52.9 Å². The monoisotopic (exact) mass is 1210 g/mol. The van der Waals surface area contributed by atoms with Gasteiger partial charge in [-0.05, 0) is 62.9 Å². The summed E-state index contributed by atoms with van der Waals surface area (Å²) in [5.74, 6) is -2.57. The number of hydrogen-bond donors (Lipinski definition) is 8. The zero-order valence-electron chi connectivity index (χ0n) is 46.1. The Morgan fingerprint density at radius 1 is 0.952 bits per heavy atom. The Kier molecular flexibility index (Phi) is 19.5. The third-order valence-electron chi connectivity index (χ3n) is 13.0. The molecule has 0 aliphatic carbocycles. The number of halogens is 1. The van der Waals surface area contributed by atoms with Crippen LogP contribution in [0.25, 0.3) is 22.3 Å². The number of H-pyrrole nitrogens is 1. The van der Waals surface area contributed by atoms with Gasteiger partial charge in [-0.25, -0.2) is 38.1 Å². The molecule has 34 heteroatoms. The second-order valence-electron chi connectivity index (χ2n) is 20.8. The molecule has 31 nitrogen and oxygen atoms in total. The SMILES string of the molecule is CC(C)[C@H](NC(=O)OC(C)(C)C)C(=O)N[C@@H](C)C(=O)Nc1ccc(COC(=O)N(C)Cc2ccccc2C(=O)Nc2nc3c(ncn3[C@@H]3O[C@H](CO)C[C@H]3OS(=O)(=O)NC[C@H]3O[C@@H](n4cnc5cncnc54)[C@H](F)[C@@H]3O[PH](=O)O)c(=O)[nH]2)cc1. The van der Waals surface area contributed by atoms with E-state index in [0.717, 1.165) is 6.33 Å². The third-order valence-corrected chi connectivity index (χ3v) is 14.4. The molecule has 2 aliphatic heterocycles. The molecule has 2 fully saturated rings. The van der Waals surface area contributed by atoms with Gasteiger partial charge in [-0.15, -0.1) is 0 Å². The molecule has 0 spiro atoms. The zero-order valence-corrected chi connectivity index (χ0v) is 47.9. The van der Waals surface area contributed by atoms with Gasteiger partial charge in [-0.2, -0.15) is 18.1 Å². The average Bonchev–Trinajstić information content (AvgIpc) is 4.37. The molecular weight excluding hydrogens is 1150 g/mol. The lowest BCUT2D eigenvalue weighted by molar-refractivity contribution is -0.128. The molecule has 10 atom stereocenters. The van der Waals surface area contributed by atoms with Crippen molar-refractivity contribution in [2.45, 2.75) is 122 Å². The Labute approximate surface area is 478 Å². The molecule has 6 aromatic rings. The van der Waals surface area contributed by atoms with Gasteiger partial charge in [0.15, 0.2) is 35.4 Å². The molecule has 5 amide bonds.